The second kappa shape index (κ2) is 8.32. The van der Waals surface area contributed by atoms with Crippen molar-refractivity contribution in [2.24, 2.45) is 4.99 Å². The van der Waals surface area contributed by atoms with Crippen LogP contribution in [0.4, 0.5) is 5.69 Å². The van der Waals surface area contributed by atoms with Crippen LogP contribution < -0.4 is 20.8 Å². The maximum atomic E-state index is 12.7. The van der Waals surface area contributed by atoms with E-state index in [4.69, 9.17) is 21.1 Å². The molecule has 0 aliphatic carbocycles. The number of anilines is 1. The highest BCUT2D eigenvalue weighted by Crippen LogP contribution is 2.29. The van der Waals surface area contributed by atoms with Crippen molar-refractivity contribution in [1.82, 2.24) is 20.7 Å². The van der Waals surface area contributed by atoms with E-state index in [9.17, 15) is 4.79 Å². The number of carbonyl (C=O) groups is 1. The van der Waals surface area contributed by atoms with Crippen LogP contribution in [0.15, 0.2) is 45.9 Å². The molecule has 154 valence electrons. The molecule has 1 amide bonds. The molecule has 0 saturated carbocycles. The number of halogens is 1. The van der Waals surface area contributed by atoms with Crippen molar-refractivity contribution in [2.75, 3.05) is 52.3 Å². The van der Waals surface area contributed by atoms with Gasteiger partial charge in [0.05, 0.1) is 37.6 Å². The van der Waals surface area contributed by atoms with Gasteiger partial charge >= 0.3 is 0 Å². The summed E-state index contributed by atoms with van der Waals surface area (Å²) in [6, 6.07) is 5.36. The molecule has 0 bridgehead atoms. The Hall–Kier alpha value is -2.75. The van der Waals surface area contributed by atoms with Crippen LogP contribution in [0.3, 0.4) is 0 Å². The van der Waals surface area contributed by atoms with Gasteiger partial charge in [-0.2, -0.15) is 0 Å². The van der Waals surface area contributed by atoms with Crippen LogP contribution in [-0.4, -0.2) is 68.7 Å². The number of carbonyl (C=O) groups excluding carboxylic acids is 1. The molecule has 29 heavy (non-hydrogen) atoms. The number of nitrogens with zero attached hydrogens (tertiary/aromatic N) is 3. The zero-order valence-corrected chi connectivity index (χ0v) is 17.0. The Labute approximate surface area is 174 Å². The summed E-state index contributed by atoms with van der Waals surface area (Å²) in [5.41, 5.74) is 4.45. The number of nitrogens with one attached hydrogen (secondary N) is 3. The van der Waals surface area contributed by atoms with E-state index < -0.39 is 0 Å². The lowest BCUT2D eigenvalue weighted by atomic mass is 10.1. The fourth-order valence-corrected chi connectivity index (χ4v) is 3.55. The molecule has 4 rings (SSSR count). The predicted octanol–water partition coefficient (Wildman–Crippen LogP) is 1.28. The second-order valence-corrected chi connectivity index (χ2v) is 7.09. The molecule has 1 aromatic carbocycles. The van der Waals surface area contributed by atoms with E-state index >= 15 is 0 Å². The van der Waals surface area contributed by atoms with Gasteiger partial charge < -0.3 is 25.0 Å². The third kappa shape index (κ3) is 3.89. The van der Waals surface area contributed by atoms with Crippen molar-refractivity contribution >= 4 is 29.0 Å². The highest BCUT2D eigenvalue weighted by Gasteiger charge is 2.29. The number of methoxy groups -OCH3 is 1. The van der Waals surface area contributed by atoms with Crippen molar-refractivity contribution < 1.29 is 14.3 Å². The van der Waals surface area contributed by atoms with E-state index in [2.05, 4.69) is 21.1 Å². The van der Waals surface area contributed by atoms with E-state index in [-0.39, 0.29) is 5.91 Å². The monoisotopic (exact) mass is 418 g/mol. The first-order valence-electron chi connectivity index (χ1n) is 9.30. The van der Waals surface area contributed by atoms with Crippen molar-refractivity contribution in [3.63, 3.8) is 0 Å². The van der Waals surface area contributed by atoms with Crippen molar-refractivity contribution in [1.29, 1.82) is 0 Å². The van der Waals surface area contributed by atoms with Gasteiger partial charge in [0.2, 0.25) is 0 Å². The standard InChI is InChI=1S/C19H23ClN6O3/c1-21-17-10-16(24-18-13(20)11-22-26(17)18)23-14-4-3-12(9-15(14)28-2)19(27)25-5-7-29-8-6-25/h3-4,9-10,22-24H,5-8,11H2,1-2H3. The van der Waals surface area contributed by atoms with Crippen LogP contribution in [0.25, 0.3) is 0 Å². The molecular weight excluding hydrogens is 396 g/mol. The van der Waals surface area contributed by atoms with E-state index in [1.54, 1.807) is 36.2 Å². The lowest BCUT2D eigenvalue weighted by molar-refractivity contribution is 0.0302. The van der Waals surface area contributed by atoms with Gasteiger partial charge in [-0.05, 0) is 18.2 Å². The average Bonchev–Trinajstić information content (AvgIpc) is 3.14. The Kier molecular flexibility index (Phi) is 5.61. The average molecular weight is 419 g/mol. The van der Waals surface area contributed by atoms with Crippen LogP contribution in [0.5, 0.6) is 5.75 Å². The molecule has 0 atom stereocenters. The van der Waals surface area contributed by atoms with Crippen LogP contribution >= 0.6 is 11.6 Å². The summed E-state index contributed by atoms with van der Waals surface area (Å²) < 4.78 is 10.8. The number of aliphatic imine (C=N–C) groups is 1. The quantitative estimate of drug-likeness (QED) is 0.678. The summed E-state index contributed by atoms with van der Waals surface area (Å²) in [6.45, 7) is 2.85. The molecule has 0 aromatic heterocycles. The molecule has 1 saturated heterocycles. The molecule has 0 radical (unpaired) electrons. The first-order chi connectivity index (χ1) is 14.1. The van der Waals surface area contributed by atoms with E-state index in [1.165, 1.54) is 0 Å². The zero-order valence-electron chi connectivity index (χ0n) is 16.3. The van der Waals surface area contributed by atoms with Gasteiger partial charge in [0.15, 0.2) is 0 Å². The highest BCUT2D eigenvalue weighted by molar-refractivity contribution is 6.30. The minimum Gasteiger partial charge on any atom is -0.495 e. The normalized spacial score (nSPS) is 20.4. The Morgan fingerprint density at radius 3 is 2.86 bits per heavy atom. The van der Waals surface area contributed by atoms with Gasteiger partial charge in [-0.15, -0.1) is 0 Å². The first kappa shape index (κ1) is 19.6. The van der Waals surface area contributed by atoms with Crippen LogP contribution in [0.2, 0.25) is 0 Å². The maximum Gasteiger partial charge on any atom is 0.254 e. The van der Waals surface area contributed by atoms with Crippen molar-refractivity contribution in [2.45, 2.75) is 0 Å². The van der Waals surface area contributed by atoms with Gasteiger partial charge in [0.1, 0.15) is 23.2 Å². The number of fused-ring (bicyclic) bond motifs is 1. The zero-order chi connectivity index (χ0) is 20.4. The number of hydrogen-bond donors (Lipinski definition) is 3. The molecule has 1 fully saturated rings. The van der Waals surface area contributed by atoms with Crippen LogP contribution in [0, 0.1) is 0 Å². The minimum absolute atomic E-state index is 0.0295. The molecule has 3 N–H and O–H groups in total. The number of benzene rings is 1. The minimum atomic E-state index is -0.0295. The topological polar surface area (TPSA) is 90.5 Å². The molecule has 3 aliphatic rings. The summed E-state index contributed by atoms with van der Waals surface area (Å²) >= 11 is 6.29. The van der Waals surface area contributed by atoms with Gasteiger partial charge in [-0.25, -0.2) is 10.4 Å². The van der Waals surface area contributed by atoms with Crippen LogP contribution in [0.1, 0.15) is 10.4 Å². The van der Waals surface area contributed by atoms with E-state index in [0.29, 0.717) is 55.0 Å². The maximum absolute atomic E-state index is 12.7. The number of ether oxygens (including phenoxy) is 2. The second-order valence-electron chi connectivity index (χ2n) is 6.63. The van der Waals surface area contributed by atoms with E-state index in [0.717, 1.165) is 17.3 Å². The smallest absolute Gasteiger partial charge is 0.254 e. The molecular formula is C19H23ClN6O3. The Morgan fingerprint density at radius 1 is 1.34 bits per heavy atom. The largest absolute Gasteiger partial charge is 0.495 e. The Morgan fingerprint density at radius 2 is 2.14 bits per heavy atom. The number of rotatable bonds is 4. The molecule has 0 unspecified atom stereocenters. The molecule has 9 nitrogen and oxygen atoms in total. The summed E-state index contributed by atoms with van der Waals surface area (Å²) in [5, 5.41) is 9.01. The summed E-state index contributed by atoms with van der Waals surface area (Å²) in [7, 11) is 3.29. The summed E-state index contributed by atoms with van der Waals surface area (Å²) in [4.78, 5) is 18.8. The van der Waals surface area contributed by atoms with E-state index in [1.807, 2.05) is 12.1 Å². The lowest BCUT2D eigenvalue weighted by Gasteiger charge is -2.29. The third-order valence-electron chi connectivity index (χ3n) is 4.87. The van der Waals surface area contributed by atoms with Gasteiger partial charge in [-0.1, -0.05) is 11.6 Å². The molecule has 0 spiro atoms. The Balaban J connectivity index is 1.56. The fraction of sp³-hybridized carbons (Fsp3) is 0.368. The SMILES string of the molecule is CN=C1C=C(Nc2ccc(C(=O)N3CCOCC3)cc2OC)NC2=C(Cl)CNN12. The number of amidine groups is 1. The predicted molar refractivity (Wildman–Crippen MR) is 111 cm³/mol. The molecule has 10 heteroatoms. The highest BCUT2D eigenvalue weighted by atomic mass is 35.5. The number of hydrazine groups is 1. The number of amides is 1. The lowest BCUT2D eigenvalue weighted by Crippen LogP contribution is -2.45. The van der Waals surface area contributed by atoms with Gasteiger partial charge in [-0.3, -0.25) is 9.79 Å². The fourth-order valence-electron chi connectivity index (χ4n) is 3.36. The molecule has 3 aliphatic heterocycles. The summed E-state index contributed by atoms with van der Waals surface area (Å²) in [5.74, 6) is 2.68. The van der Waals surface area contributed by atoms with Crippen molar-refractivity contribution in [3.8, 4) is 5.75 Å². The number of hydrogen-bond acceptors (Lipinski definition) is 7. The Bertz CT molecular complexity index is 907. The molecule has 1 aromatic rings. The first-order valence-corrected chi connectivity index (χ1v) is 9.68. The van der Waals surface area contributed by atoms with Gasteiger partial charge in [0, 0.05) is 31.8 Å². The number of morpholine rings is 1. The third-order valence-corrected chi connectivity index (χ3v) is 5.19. The van der Waals surface area contributed by atoms with Crippen LogP contribution in [-0.2, 0) is 4.74 Å². The summed E-state index contributed by atoms with van der Waals surface area (Å²) in [6.07, 6.45) is 1.86. The molecule has 3 heterocycles. The van der Waals surface area contributed by atoms with Gasteiger partial charge in [0.25, 0.3) is 5.91 Å². The van der Waals surface area contributed by atoms with Crippen molar-refractivity contribution in [3.05, 3.63) is 46.5 Å².